The molecule has 0 saturated carbocycles. The molecule has 0 aliphatic carbocycles. The summed E-state index contributed by atoms with van der Waals surface area (Å²) in [5, 5.41) is 8.01. The van der Waals surface area contributed by atoms with E-state index in [-0.39, 0.29) is 0 Å². The van der Waals surface area contributed by atoms with Crippen LogP contribution in [0.15, 0.2) is 0 Å². The highest BCUT2D eigenvalue weighted by Gasteiger charge is 2.41. The summed E-state index contributed by atoms with van der Waals surface area (Å²) < 4.78 is 36.4. The van der Waals surface area contributed by atoms with E-state index in [9.17, 15) is 13.2 Å². The van der Waals surface area contributed by atoms with Crippen molar-refractivity contribution in [2.24, 2.45) is 5.92 Å². The Morgan fingerprint density at radius 1 is 1.27 bits per heavy atom. The minimum atomic E-state index is -4.18. The summed E-state index contributed by atoms with van der Waals surface area (Å²) in [5.41, 5.74) is 0. The van der Waals surface area contributed by atoms with Crippen LogP contribution in [0.25, 0.3) is 0 Å². The monoisotopic (exact) mass is 170 g/mol. The third kappa shape index (κ3) is 3.10. The number of hydrogen-bond acceptors (Lipinski definition) is 1. The third-order valence-electron chi connectivity index (χ3n) is 1.79. The van der Waals surface area contributed by atoms with E-state index in [4.69, 9.17) is 5.11 Å². The molecule has 1 unspecified atom stereocenters. The Morgan fingerprint density at radius 3 is 1.73 bits per heavy atom. The predicted octanol–water partition coefficient (Wildman–Crippen LogP) is 2.35. The van der Waals surface area contributed by atoms with Gasteiger partial charge in [0, 0.05) is 0 Å². The quantitative estimate of drug-likeness (QED) is 0.686. The van der Waals surface area contributed by atoms with E-state index in [1.54, 1.807) is 13.8 Å². The molecule has 0 heterocycles. The molecule has 1 N–H and O–H groups in total. The first-order valence-electron chi connectivity index (χ1n) is 3.67. The Bertz CT molecular complexity index is 107. The van der Waals surface area contributed by atoms with Gasteiger partial charge in [-0.2, -0.15) is 8.78 Å². The molecule has 0 saturated heterocycles. The molecule has 0 aliphatic heterocycles. The summed E-state index contributed by atoms with van der Waals surface area (Å²) in [6.45, 7) is 3.24. The maximum absolute atomic E-state index is 12.6. The van der Waals surface area contributed by atoms with Gasteiger partial charge in [-0.05, 0) is 5.92 Å². The summed E-state index contributed by atoms with van der Waals surface area (Å²) in [7, 11) is 0. The second-order valence-electron chi connectivity index (χ2n) is 2.57. The summed E-state index contributed by atoms with van der Waals surface area (Å²) in [6, 6.07) is 0. The third-order valence-corrected chi connectivity index (χ3v) is 1.79. The van der Waals surface area contributed by atoms with Crippen molar-refractivity contribution in [3.05, 3.63) is 0 Å². The van der Waals surface area contributed by atoms with Crippen LogP contribution in [0.2, 0.25) is 0 Å². The van der Waals surface area contributed by atoms with Gasteiger partial charge in [0.1, 0.15) is 0 Å². The lowest BCUT2D eigenvalue weighted by Crippen LogP contribution is -2.35. The molecule has 4 heteroatoms. The highest BCUT2D eigenvalue weighted by atomic mass is 19.3. The first kappa shape index (κ1) is 10.8. The Morgan fingerprint density at radius 2 is 1.64 bits per heavy atom. The molecule has 0 aliphatic rings. The van der Waals surface area contributed by atoms with Crippen LogP contribution in [0.5, 0.6) is 0 Å². The highest BCUT2D eigenvalue weighted by molar-refractivity contribution is 4.73. The van der Waals surface area contributed by atoms with Gasteiger partial charge in [0.25, 0.3) is 0 Å². The standard InChI is InChI=1S/C7H13F3O/c1-3-5(4-2)6(8)7(9,10)11/h5-6,11H,3-4H2,1-2H3. The van der Waals surface area contributed by atoms with Gasteiger partial charge >= 0.3 is 6.11 Å². The molecule has 0 aromatic carbocycles. The lowest BCUT2D eigenvalue weighted by atomic mass is 9.97. The number of alkyl halides is 3. The van der Waals surface area contributed by atoms with Gasteiger partial charge in [0.15, 0.2) is 6.17 Å². The fourth-order valence-electron chi connectivity index (χ4n) is 0.986. The fourth-order valence-corrected chi connectivity index (χ4v) is 0.986. The number of rotatable bonds is 4. The largest absolute Gasteiger partial charge is 0.384 e. The molecule has 0 radical (unpaired) electrons. The van der Waals surface area contributed by atoms with Crippen molar-refractivity contribution in [1.82, 2.24) is 0 Å². The van der Waals surface area contributed by atoms with Crippen molar-refractivity contribution in [2.45, 2.75) is 39.0 Å². The maximum atomic E-state index is 12.6. The van der Waals surface area contributed by atoms with Crippen LogP contribution in [0.4, 0.5) is 13.2 Å². The van der Waals surface area contributed by atoms with Crippen molar-refractivity contribution in [2.75, 3.05) is 0 Å². The fraction of sp³-hybridized carbons (Fsp3) is 1.00. The van der Waals surface area contributed by atoms with E-state index in [2.05, 4.69) is 0 Å². The van der Waals surface area contributed by atoms with Crippen LogP contribution >= 0.6 is 0 Å². The zero-order valence-corrected chi connectivity index (χ0v) is 6.65. The Labute approximate surface area is 64.2 Å². The lowest BCUT2D eigenvalue weighted by Gasteiger charge is -2.21. The second kappa shape index (κ2) is 3.95. The second-order valence-corrected chi connectivity index (χ2v) is 2.57. The Kier molecular flexibility index (Phi) is 3.86. The number of hydrogen-bond donors (Lipinski definition) is 1. The van der Waals surface area contributed by atoms with Crippen LogP contribution in [0, 0.1) is 5.92 Å². The predicted molar refractivity (Wildman–Crippen MR) is 36.1 cm³/mol. The first-order chi connectivity index (χ1) is 4.93. The zero-order valence-electron chi connectivity index (χ0n) is 6.65. The SMILES string of the molecule is CCC(CC)C(F)C(O)(F)F. The van der Waals surface area contributed by atoms with Gasteiger partial charge in [-0.15, -0.1) is 0 Å². The molecule has 0 rings (SSSR count). The van der Waals surface area contributed by atoms with Crippen LogP contribution in [0.3, 0.4) is 0 Å². The molecular formula is C7H13F3O. The first-order valence-corrected chi connectivity index (χ1v) is 3.67. The van der Waals surface area contributed by atoms with E-state index in [0.29, 0.717) is 12.8 Å². The number of halogens is 3. The van der Waals surface area contributed by atoms with Crippen molar-refractivity contribution in [1.29, 1.82) is 0 Å². The van der Waals surface area contributed by atoms with Crippen molar-refractivity contribution in [3.8, 4) is 0 Å². The van der Waals surface area contributed by atoms with Crippen molar-refractivity contribution >= 4 is 0 Å². The average molecular weight is 170 g/mol. The minimum Gasteiger partial charge on any atom is -0.334 e. The van der Waals surface area contributed by atoms with Crippen LogP contribution < -0.4 is 0 Å². The molecule has 0 amide bonds. The van der Waals surface area contributed by atoms with Gasteiger partial charge in [0.2, 0.25) is 0 Å². The van der Waals surface area contributed by atoms with E-state index >= 15 is 0 Å². The topological polar surface area (TPSA) is 20.2 Å². The summed E-state index contributed by atoms with van der Waals surface area (Å²) in [4.78, 5) is 0. The molecule has 0 aromatic heterocycles. The van der Waals surface area contributed by atoms with Crippen molar-refractivity contribution in [3.63, 3.8) is 0 Å². The summed E-state index contributed by atoms with van der Waals surface area (Å²) in [6.07, 6.45) is -5.99. The van der Waals surface area contributed by atoms with Crippen molar-refractivity contribution < 1.29 is 18.3 Å². The normalized spacial score (nSPS) is 15.5. The summed E-state index contributed by atoms with van der Waals surface area (Å²) in [5.74, 6) is -0.755. The Hall–Kier alpha value is -0.250. The molecule has 68 valence electrons. The number of aliphatic hydroxyl groups is 1. The smallest absolute Gasteiger partial charge is 0.334 e. The summed E-state index contributed by atoms with van der Waals surface area (Å²) >= 11 is 0. The van der Waals surface area contributed by atoms with Crippen LogP contribution in [0.1, 0.15) is 26.7 Å². The zero-order chi connectivity index (χ0) is 9.07. The van der Waals surface area contributed by atoms with Crippen LogP contribution in [-0.2, 0) is 0 Å². The van der Waals surface area contributed by atoms with Crippen LogP contribution in [-0.4, -0.2) is 17.4 Å². The van der Waals surface area contributed by atoms with E-state index in [1.807, 2.05) is 0 Å². The molecule has 1 atom stereocenters. The molecule has 0 spiro atoms. The van der Waals surface area contributed by atoms with E-state index < -0.39 is 18.2 Å². The van der Waals surface area contributed by atoms with Gasteiger partial charge in [-0.25, -0.2) is 4.39 Å². The van der Waals surface area contributed by atoms with E-state index in [1.165, 1.54) is 0 Å². The Balaban J connectivity index is 4.09. The van der Waals surface area contributed by atoms with Gasteiger partial charge < -0.3 is 5.11 Å². The molecule has 0 aromatic rings. The maximum Gasteiger partial charge on any atom is 0.384 e. The molecule has 11 heavy (non-hydrogen) atoms. The molecular weight excluding hydrogens is 157 g/mol. The van der Waals surface area contributed by atoms with E-state index in [0.717, 1.165) is 0 Å². The molecule has 0 bridgehead atoms. The van der Waals surface area contributed by atoms with Gasteiger partial charge in [-0.3, -0.25) is 0 Å². The molecule has 0 fully saturated rings. The lowest BCUT2D eigenvalue weighted by molar-refractivity contribution is -0.251. The van der Waals surface area contributed by atoms with Gasteiger partial charge in [0.05, 0.1) is 0 Å². The molecule has 1 nitrogen and oxygen atoms in total. The average Bonchev–Trinajstić information content (AvgIpc) is 1.88. The minimum absolute atomic E-state index is 0.313. The van der Waals surface area contributed by atoms with Gasteiger partial charge in [-0.1, -0.05) is 26.7 Å². The highest BCUT2D eigenvalue weighted by Crippen LogP contribution is 2.28.